The molecule has 0 spiro atoms. The molecule has 2 aromatic carbocycles. The van der Waals surface area contributed by atoms with Gasteiger partial charge in [-0.05, 0) is 55.3 Å². The van der Waals surface area contributed by atoms with Crippen molar-refractivity contribution in [3.05, 3.63) is 58.1 Å². The summed E-state index contributed by atoms with van der Waals surface area (Å²) >= 11 is 5.80. The van der Waals surface area contributed by atoms with E-state index >= 15 is 0 Å². The van der Waals surface area contributed by atoms with Crippen LogP contribution in [-0.4, -0.2) is 25.1 Å². The van der Waals surface area contributed by atoms with Crippen LogP contribution < -0.4 is 10.1 Å². The number of hydrogen-bond acceptors (Lipinski definition) is 4. The van der Waals surface area contributed by atoms with Crippen LogP contribution in [0.4, 0.5) is 14.5 Å². The molecule has 0 atom stereocenters. The molecule has 0 fully saturated rings. The number of benzene rings is 2. The number of amides is 1. The number of halogens is 3. The van der Waals surface area contributed by atoms with Crippen molar-refractivity contribution in [1.82, 2.24) is 0 Å². The zero-order valence-electron chi connectivity index (χ0n) is 14.0. The first kappa shape index (κ1) is 19.7. The molecule has 26 heavy (non-hydrogen) atoms. The Bertz CT molecular complexity index is 827. The second-order valence-electron chi connectivity index (χ2n) is 5.45. The molecule has 0 aliphatic heterocycles. The molecule has 0 aliphatic rings. The number of hydrogen-bond donors (Lipinski definition) is 1. The highest BCUT2D eigenvalue weighted by atomic mass is 35.5. The van der Waals surface area contributed by atoms with Gasteiger partial charge in [0.25, 0.3) is 5.91 Å². The van der Waals surface area contributed by atoms with Crippen molar-refractivity contribution in [3.63, 3.8) is 0 Å². The van der Waals surface area contributed by atoms with Gasteiger partial charge in [0, 0.05) is 5.69 Å². The van der Waals surface area contributed by atoms with E-state index in [1.807, 2.05) is 13.8 Å². The van der Waals surface area contributed by atoms with Gasteiger partial charge in [-0.15, -0.1) is 0 Å². The van der Waals surface area contributed by atoms with Crippen LogP contribution in [0, 0.1) is 13.8 Å². The van der Waals surface area contributed by atoms with Gasteiger partial charge < -0.3 is 14.8 Å². The van der Waals surface area contributed by atoms with Crippen molar-refractivity contribution in [2.75, 3.05) is 11.9 Å². The molecule has 1 amide bonds. The Morgan fingerprint density at radius 1 is 1.12 bits per heavy atom. The summed E-state index contributed by atoms with van der Waals surface area (Å²) in [5, 5.41) is 2.36. The fourth-order valence-corrected chi connectivity index (χ4v) is 2.28. The molecule has 0 unspecified atom stereocenters. The number of esters is 1. The first-order chi connectivity index (χ1) is 12.3. The van der Waals surface area contributed by atoms with Crippen LogP contribution in [-0.2, 0) is 9.53 Å². The molecule has 1 N–H and O–H groups in total. The van der Waals surface area contributed by atoms with E-state index in [4.69, 9.17) is 16.3 Å². The molecule has 8 heteroatoms. The van der Waals surface area contributed by atoms with Crippen LogP contribution in [0.3, 0.4) is 0 Å². The third-order valence-electron chi connectivity index (χ3n) is 3.51. The van der Waals surface area contributed by atoms with Crippen LogP contribution in [0.2, 0.25) is 5.02 Å². The van der Waals surface area contributed by atoms with Crippen LogP contribution in [0.1, 0.15) is 21.5 Å². The lowest BCUT2D eigenvalue weighted by molar-refractivity contribution is -0.119. The average molecular weight is 384 g/mol. The maximum absolute atomic E-state index is 12.2. The minimum atomic E-state index is -3.00. The Kier molecular flexibility index (Phi) is 6.52. The first-order valence-electron chi connectivity index (χ1n) is 7.55. The number of carbonyl (C=O) groups excluding carboxylic acids is 2. The summed E-state index contributed by atoms with van der Waals surface area (Å²) in [6.45, 7) is 0.279. The summed E-state index contributed by atoms with van der Waals surface area (Å²) in [6.07, 6.45) is 0. The van der Waals surface area contributed by atoms with Gasteiger partial charge in [-0.1, -0.05) is 17.7 Å². The summed E-state index contributed by atoms with van der Waals surface area (Å²) in [5.41, 5.74) is 2.57. The molecular weight excluding hydrogens is 368 g/mol. The predicted molar refractivity (Wildman–Crippen MR) is 92.9 cm³/mol. The van der Waals surface area contributed by atoms with Crippen molar-refractivity contribution in [1.29, 1.82) is 0 Å². The molecule has 0 bridgehead atoms. The van der Waals surface area contributed by atoms with Crippen molar-refractivity contribution in [2.45, 2.75) is 20.5 Å². The molecule has 0 aromatic heterocycles. The number of anilines is 1. The standard InChI is InChI=1S/C18H16ClF2NO4/c1-10-3-4-12(7-11(10)2)17(24)25-9-16(23)22-13-5-6-15(14(19)8-13)26-18(20)21/h3-8,18H,9H2,1-2H3,(H,22,23). The van der Waals surface area contributed by atoms with Crippen molar-refractivity contribution in [3.8, 4) is 5.75 Å². The lowest BCUT2D eigenvalue weighted by Gasteiger charge is -2.10. The van der Waals surface area contributed by atoms with E-state index in [9.17, 15) is 18.4 Å². The minimum absolute atomic E-state index is 0.0878. The monoisotopic (exact) mass is 383 g/mol. The van der Waals surface area contributed by atoms with Crippen LogP contribution >= 0.6 is 11.6 Å². The lowest BCUT2D eigenvalue weighted by atomic mass is 10.1. The number of alkyl halides is 2. The normalized spacial score (nSPS) is 10.5. The highest BCUT2D eigenvalue weighted by molar-refractivity contribution is 6.32. The van der Waals surface area contributed by atoms with E-state index in [0.717, 1.165) is 11.1 Å². The Morgan fingerprint density at radius 3 is 2.46 bits per heavy atom. The summed E-state index contributed by atoms with van der Waals surface area (Å²) in [7, 11) is 0. The molecule has 138 valence electrons. The van der Waals surface area contributed by atoms with Gasteiger partial charge in [-0.25, -0.2) is 4.79 Å². The number of aryl methyl sites for hydroxylation is 2. The quantitative estimate of drug-likeness (QED) is 0.753. The van der Waals surface area contributed by atoms with Gasteiger partial charge in [0.2, 0.25) is 0 Å². The molecule has 0 heterocycles. The predicted octanol–water partition coefficient (Wildman–Crippen LogP) is 4.35. The molecule has 0 saturated heterocycles. The summed E-state index contributed by atoms with van der Waals surface area (Å²) in [6, 6.07) is 8.87. The van der Waals surface area contributed by atoms with E-state index in [1.165, 1.54) is 18.2 Å². The van der Waals surface area contributed by atoms with E-state index in [-0.39, 0.29) is 16.5 Å². The largest absolute Gasteiger partial charge is 0.452 e. The SMILES string of the molecule is Cc1ccc(C(=O)OCC(=O)Nc2ccc(OC(F)F)c(Cl)c2)cc1C. The zero-order chi connectivity index (χ0) is 19.3. The maximum Gasteiger partial charge on any atom is 0.387 e. The number of rotatable bonds is 6. The molecular formula is C18H16ClF2NO4. The fourth-order valence-electron chi connectivity index (χ4n) is 2.05. The number of ether oxygens (including phenoxy) is 2. The van der Waals surface area contributed by atoms with E-state index in [1.54, 1.807) is 18.2 Å². The van der Waals surface area contributed by atoms with Gasteiger partial charge in [0.15, 0.2) is 6.61 Å². The van der Waals surface area contributed by atoms with Crippen molar-refractivity contribution < 1.29 is 27.8 Å². The van der Waals surface area contributed by atoms with Crippen molar-refractivity contribution >= 4 is 29.2 Å². The third-order valence-corrected chi connectivity index (χ3v) is 3.80. The van der Waals surface area contributed by atoms with E-state index in [2.05, 4.69) is 10.1 Å². The van der Waals surface area contributed by atoms with Crippen LogP contribution in [0.25, 0.3) is 0 Å². The smallest absolute Gasteiger partial charge is 0.387 e. The zero-order valence-corrected chi connectivity index (χ0v) is 14.8. The molecule has 0 aliphatic carbocycles. The molecule has 0 radical (unpaired) electrons. The van der Waals surface area contributed by atoms with Gasteiger partial charge in [-0.2, -0.15) is 8.78 Å². The lowest BCUT2D eigenvalue weighted by Crippen LogP contribution is -2.21. The molecule has 2 aromatic rings. The topological polar surface area (TPSA) is 64.6 Å². The Hall–Kier alpha value is -2.67. The summed E-state index contributed by atoms with van der Waals surface area (Å²) in [5.74, 6) is -1.43. The number of nitrogens with one attached hydrogen (secondary N) is 1. The van der Waals surface area contributed by atoms with Crippen LogP contribution in [0.15, 0.2) is 36.4 Å². The fraction of sp³-hybridized carbons (Fsp3) is 0.222. The third kappa shape index (κ3) is 5.42. The van der Waals surface area contributed by atoms with Gasteiger partial charge in [0.05, 0.1) is 10.6 Å². The average Bonchev–Trinajstić information content (AvgIpc) is 2.57. The van der Waals surface area contributed by atoms with Crippen molar-refractivity contribution in [2.24, 2.45) is 0 Å². The molecule has 5 nitrogen and oxygen atoms in total. The molecule has 2 rings (SSSR count). The van der Waals surface area contributed by atoms with Gasteiger partial charge in [0.1, 0.15) is 5.75 Å². The van der Waals surface area contributed by atoms with E-state index < -0.39 is 25.1 Å². The number of carbonyl (C=O) groups is 2. The summed E-state index contributed by atoms with van der Waals surface area (Å²) < 4.78 is 33.5. The first-order valence-corrected chi connectivity index (χ1v) is 7.92. The Labute approximate surface area is 153 Å². The van der Waals surface area contributed by atoms with Gasteiger partial charge in [-0.3, -0.25) is 4.79 Å². The minimum Gasteiger partial charge on any atom is -0.452 e. The van der Waals surface area contributed by atoms with E-state index in [0.29, 0.717) is 5.56 Å². The highest BCUT2D eigenvalue weighted by Gasteiger charge is 2.13. The summed E-state index contributed by atoms with van der Waals surface area (Å²) in [4.78, 5) is 23.8. The Morgan fingerprint density at radius 2 is 1.85 bits per heavy atom. The maximum atomic E-state index is 12.2. The second-order valence-corrected chi connectivity index (χ2v) is 5.85. The Balaban J connectivity index is 1.91. The highest BCUT2D eigenvalue weighted by Crippen LogP contribution is 2.28. The second kappa shape index (κ2) is 8.62. The van der Waals surface area contributed by atoms with Gasteiger partial charge >= 0.3 is 12.6 Å². The molecule has 0 saturated carbocycles. The van der Waals surface area contributed by atoms with Crippen LogP contribution in [0.5, 0.6) is 5.75 Å².